The highest BCUT2D eigenvalue weighted by molar-refractivity contribution is 5.79. The molecular weight excluding hydrogens is 448 g/mol. The topological polar surface area (TPSA) is 96.4 Å². The van der Waals surface area contributed by atoms with Crippen molar-refractivity contribution in [2.75, 3.05) is 27.2 Å². The van der Waals surface area contributed by atoms with Crippen molar-refractivity contribution < 1.29 is 29.0 Å². The first-order chi connectivity index (χ1) is 16.5. The summed E-state index contributed by atoms with van der Waals surface area (Å²) >= 11 is 0. The third-order valence-electron chi connectivity index (χ3n) is 6.08. The lowest BCUT2D eigenvalue weighted by Gasteiger charge is -2.29. The number of ether oxygens (including phenoxy) is 2. The lowest BCUT2D eigenvalue weighted by molar-refractivity contribution is -0.138. The zero-order valence-electron chi connectivity index (χ0n) is 21.0. The van der Waals surface area contributed by atoms with Gasteiger partial charge in [0.1, 0.15) is 12.2 Å². The average molecular weight is 483 g/mol. The number of benzene rings is 2. The van der Waals surface area contributed by atoms with Gasteiger partial charge >= 0.3 is 18.2 Å². The average Bonchev–Trinajstić information content (AvgIpc) is 3.12. The first-order valence-electron chi connectivity index (χ1n) is 11.7. The molecule has 1 N–H and O–H groups in total. The number of carbonyl (C=O) groups is 3. The van der Waals surface area contributed by atoms with Gasteiger partial charge < -0.3 is 24.4 Å². The predicted octanol–water partition coefficient (Wildman–Crippen LogP) is 4.97. The Hall–Kier alpha value is -3.55. The highest BCUT2D eigenvalue weighted by Crippen LogP contribution is 2.44. The minimum absolute atomic E-state index is 0.0871. The third kappa shape index (κ3) is 6.53. The maximum atomic E-state index is 12.9. The molecule has 2 aromatic carbocycles. The van der Waals surface area contributed by atoms with Gasteiger partial charge in [-0.25, -0.2) is 9.59 Å². The summed E-state index contributed by atoms with van der Waals surface area (Å²) in [5.41, 5.74) is 3.83. The number of hydrogen-bond acceptors (Lipinski definition) is 5. The Morgan fingerprint density at radius 2 is 1.49 bits per heavy atom. The number of hydrogen-bond donors (Lipinski definition) is 1. The monoisotopic (exact) mass is 482 g/mol. The fraction of sp³-hybridized carbons (Fsp3) is 0.444. The summed E-state index contributed by atoms with van der Waals surface area (Å²) in [6.07, 6.45) is -1.10. The molecule has 2 aromatic rings. The molecule has 0 bridgehead atoms. The molecule has 1 aliphatic rings. The third-order valence-corrected chi connectivity index (χ3v) is 6.08. The Labute approximate surface area is 206 Å². The fourth-order valence-corrected chi connectivity index (χ4v) is 4.25. The maximum Gasteiger partial charge on any atom is 0.410 e. The van der Waals surface area contributed by atoms with Gasteiger partial charge in [0, 0.05) is 32.6 Å². The van der Waals surface area contributed by atoms with Crippen LogP contribution in [0.25, 0.3) is 11.1 Å². The molecule has 1 atom stereocenters. The lowest BCUT2D eigenvalue weighted by Crippen LogP contribution is -2.42. The van der Waals surface area contributed by atoms with Crippen LogP contribution in [0.2, 0.25) is 0 Å². The quantitative estimate of drug-likeness (QED) is 0.571. The van der Waals surface area contributed by atoms with Crippen LogP contribution in [0.3, 0.4) is 0 Å². The Bertz CT molecular complexity index is 1030. The van der Waals surface area contributed by atoms with E-state index in [-0.39, 0.29) is 31.9 Å². The van der Waals surface area contributed by atoms with Gasteiger partial charge in [0.15, 0.2) is 0 Å². The van der Waals surface area contributed by atoms with E-state index >= 15 is 0 Å². The van der Waals surface area contributed by atoms with Crippen molar-refractivity contribution >= 4 is 18.2 Å². The molecule has 0 spiro atoms. The van der Waals surface area contributed by atoms with Crippen LogP contribution in [-0.2, 0) is 14.3 Å². The van der Waals surface area contributed by atoms with E-state index in [9.17, 15) is 19.5 Å². The Morgan fingerprint density at radius 3 is 2.00 bits per heavy atom. The second kappa shape index (κ2) is 10.8. The zero-order valence-corrected chi connectivity index (χ0v) is 21.0. The van der Waals surface area contributed by atoms with Crippen LogP contribution in [0.4, 0.5) is 9.59 Å². The number of carboxylic acid groups (broad SMARTS) is 1. The zero-order chi connectivity index (χ0) is 25.8. The van der Waals surface area contributed by atoms with Crippen molar-refractivity contribution in [2.45, 2.75) is 51.2 Å². The van der Waals surface area contributed by atoms with Gasteiger partial charge in [0.2, 0.25) is 0 Å². The summed E-state index contributed by atoms with van der Waals surface area (Å²) in [6.45, 7) is 5.70. The van der Waals surface area contributed by atoms with Crippen molar-refractivity contribution in [3.63, 3.8) is 0 Å². The normalized spacial score (nSPS) is 13.4. The van der Waals surface area contributed by atoms with E-state index in [1.54, 1.807) is 27.8 Å². The molecule has 2 amide bonds. The van der Waals surface area contributed by atoms with Gasteiger partial charge in [-0.3, -0.25) is 4.79 Å². The molecule has 188 valence electrons. The standard InChI is InChI=1S/C27H34N2O6/c1-27(2,3)35-25(32)28(4)15-14-18(16-24(30)31)29(5)26(33)34-17-23-21-12-8-6-10-19(21)20-11-7-9-13-22(20)23/h6-13,18,23H,14-17H2,1-5H3,(H,30,31)/t18-/m0/s1. The Kier molecular flexibility index (Phi) is 8.04. The van der Waals surface area contributed by atoms with Crippen molar-refractivity contribution in [3.05, 3.63) is 59.7 Å². The molecule has 0 aliphatic heterocycles. The SMILES string of the molecule is CN(CC[C@@H](CC(=O)O)N(C)C(=O)OCC1c2ccccc2-c2ccccc21)C(=O)OC(C)(C)C. The van der Waals surface area contributed by atoms with E-state index in [1.165, 1.54) is 16.8 Å². The predicted molar refractivity (Wildman–Crippen MR) is 132 cm³/mol. The van der Waals surface area contributed by atoms with Crippen LogP contribution in [0.15, 0.2) is 48.5 Å². The van der Waals surface area contributed by atoms with Gasteiger partial charge in [-0.05, 0) is 49.4 Å². The molecule has 8 heteroatoms. The van der Waals surface area contributed by atoms with Gasteiger partial charge in [-0.2, -0.15) is 0 Å². The van der Waals surface area contributed by atoms with Crippen molar-refractivity contribution in [3.8, 4) is 11.1 Å². The van der Waals surface area contributed by atoms with Gasteiger partial charge in [0.05, 0.1) is 6.42 Å². The van der Waals surface area contributed by atoms with Crippen LogP contribution in [0.5, 0.6) is 0 Å². The molecule has 0 unspecified atom stereocenters. The van der Waals surface area contributed by atoms with Gasteiger partial charge in [-0.15, -0.1) is 0 Å². The summed E-state index contributed by atoms with van der Waals surface area (Å²) in [6, 6.07) is 15.5. The van der Waals surface area contributed by atoms with E-state index in [0.29, 0.717) is 0 Å². The molecule has 3 rings (SSSR count). The summed E-state index contributed by atoms with van der Waals surface area (Å²) in [4.78, 5) is 39.3. The Balaban J connectivity index is 1.64. The molecular formula is C27H34N2O6. The number of amides is 2. The van der Waals surface area contributed by atoms with Crippen LogP contribution < -0.4 is 0 Å². The minimum atomic E-state index is -1.03. The summed E-state index contributed by atoms with van der Waals surface area (Å²) in [5, 5.41) is 9.38. The van der Waals surface area contributed by atoms with Gasteiger partial charge in [-0.1, -0.05) is 48.5 Å². The van der Waals surface area contributed by atoms with E-state index in [2.05, 4.69) is 12.1 Å². The van der Waals surface area contributed by atoms with E-state index < -0.39 is 29.8 Å². The lowest BCUT2D eigenvalue weighted by atomic mass is 9.98. The van der Waals surface area contributed by atoms with E-state index in [1.807, 2.05) is 36.4 Å². The highest BCUT2D eigenvalue weighted by Gasteiger charge is 2.31. The molecule has 8 nitrogen and oxygen atoms in total. The summed E-state index contributed by atoms with van der Waals surface area (Å²) < 4.78 is 11.0. The first kappa shape index (κ1) is 26.1. The molecule has 1 aliphatic carbocycles. The fourth-order valence-electron chi connectivity index (χ4n) is 4.25. The maximum absolute atomic E-state index is 12.9. The van der Waals surface area contributed by atoms with Crippen molar-refractivity contribution in [1.29, 1.82) is 0 Å². The molecule has 0 heterocycles. The highest BCUT2D eigenvalue weighted by atomic mass is 16.6. The number of carboxylic acids is 1. The molecule has 35 heavy (non-hydrogen) atoms. The second-order valence-electron chi connectivity index (χ2n) is 9.86. The number of carbonyl (C=O) groups excluding carboxylic acids is 2. The molecule has 0 saturated carbocycles. The summed E-state index contributed by atoms with van der Waals surface area (Å²) in [5.74, 6) is -1.12. The van der Waals surface area contributed by atoms with Crippen LogP contribution in [-0.4, -0.2) is 72.0 Å². The van der Waals surface area contributed by atoms with E-state index in [0.717, 1.165) is 22.3 Å². The van der Waals surface area contributed by atoms with Gasteiger partial charge in [0.25, 0.3) is 0 Å². The molecule has 0 radical (unpaired) electrons. The summed E-state index contributed by atoms with van der Waals surface area (Å²) in [7, 11) is 3.11. The number of fused-ring (bicyclic) bond motifs is 3. The van der Waals surface area contributed by atoms with Crippen LogP contribution in [0, 0.1) is 0 Å². The number of nitrogens with zero attached hydrogens (tertiary/aromatic N) is 2. The second-order valence-corrected chi connectivity index (χ2v) is 9.86. The number of aliphatic carboxylic acids is 1. The Morgan fingerprint density at radius 1 is 0.943 bits per heavy atom. The smallest absolute Gasteiger partial charge is 0.410 e. The number of rotatable bonds is 8. The molecule has 0 aromatic heterocycles. The molecule has 0 saturated heterocycles. The van der Waals surface area contributed by atoms with Crippen molar-refractivity contribution in [1.82, 2.24) is 9.80 Å². The van der Waals surface area contributed by atoms with E-state index in [4.69, 9.17) is 9.47 Å². The first-order valence-corrected chi connectivity index (χ1v) is 11.7. The van der Waals surface area contributed by atoms with Crippen LogP contribution >= 0.6 is 0 Å². The largest absolute Gasteiger partial charge is 0.481 e. The molecule has 0 fully saturated rings. The van der Waals surface area contributed by atoms with Crippen molar-refractivity contribution in [2.24, 2.45) is 0 Å². The van der Waals surface area contributed by atoms with Crippen LogP contribution in [0.1, 0.15) is 50.7 Å². The minimum Gasteiger partial charge on any atom is -0.481 e.